The molecule has 1 heterocycles. The molecule has 3 aromatic rings. The third-order valence-electron chi connectivity index (χ3n) is 4.78. The summed E-state index contributed by atoms with van der Waals surface area (Å²) in [4.78, 5) is 3.78. The van der Waals surface area contributed by atoms with Crippen LogP contribution >= 0.6 is 0 Å². The number of pyridine rings is 1. The summed E-state index contributed by atoms with van der Waals surface area (Å²) in [6, 6.07) is 11.4. The molecule has 0 aliphatic heterocycles. The van der Waals surface area contributed by atoms with Crippen LogP contribution in [0.3, 0.4) is 0 Å². The van der Waals surface area contributed by atoms with Crippen LogP contribution in [0, 0.1) is 11.6 Å². The molecule has 0 bridgehead atoms. The van der Waals surface area contributed by atoms with Crippen LogP contribution < -0.4 is 10.5 Å². The summed E-state index contributed by atoms with van der Waals surface area (Å²) in [5, 5.41) is 10.6. The molecule has 0 radical (unpaired) electrons. The topological polar surface area (TPSA) is 68.4 Å². The molecule has 0 spiro atoms. The van der Waals surface area contributed by atoms with Gasteiger partial charge >= 0.3 is 5.92 Å². The van der Waals surface area contributed by atoms with Gasteiger partial charge in [-0.2, -0.15) is 8.78 Å². The van der Waals surface area contributed by atoms with Crippen LogP contribution in [0.4, 0.5) is 17.6 Å². The molecule has 158 valence electrons. The smallest absolute Gasteiger partial charge is 0.323 e. The van der Waals surface area contributed by atoms with Crippen LogP contribution in [0.25, 0.3) is 11.1 Å². The van der Waals surface area contributed by atoms with Crippen molar-refractivity contribution >= 4 is 0 Å². The lowest BCUT2D eigenvalue weighted by Gasteiger charge is -2.35. The van der Waals surface area contributed by atoms with Gasteiger partial charge in [-0.3, -0.25) is 4.98 Å². The van der Waals surface area contributed by atoms with Crippen LogP contribution in [-0.2, 0) is 11.5 Å². The van der Waals surface area contributed by atoms with Crippen molar-refractivity contribution in [3.05, 3.63) is 83.7 Å². The molecular weight excluding hydrogens is 400 g/mol. The first kappa shape index (κ1) is 21.7. The Kier molecular flexibility index (Phi) is 6.09. The average molecular weight is 420 g/mol. The van der Waals surface area contributed by atoms with Gasteiger partial charge in [-0.1, -0.05) is 24.3 Å². The second-order valence-electron chi connectivity index (χ2n) is 6.65. The highest BCUT2D eigenvalue weighted by Crippen LogP contribution is 2.45. The van der Waals surface area contributed by atoms with Crippen molar-refractivity contribution in [3.63, 3.8) is 0 Å². The van der Waals surface area contributed by atoms with E-state index >= 15 is 8.78 Å². The standard InChI is InChI=1S/C22H20F4N2O2/c1-2-30-17-7-3-14(4-8-17)15-5-10-20(28-12-15)22(25,26)21(29,13-27)18-9-6-16(23)11-19(18)24/h3-12,29H,2,13,27H2,1H3. The SMILES string of the molecule is CCOc1ccc(-c2ccc(C(F)(F)C(O)(CN)c3ccc(F)cc3F)nc2)cc1. The summed E-state index contributed by atoms with van der Waals surface area (Å²) in [7, 11) is 0. The van der Waals surface area contributed by atoms with Gasteiger partial charge in [0.05, 0.1) is 6.61 Å². The molecule has 0 amide bonds. The fourth-order valence-electron chi connectivity index (χ4n) is 3.10. The number of nitrogens with zero attached hydrogens (tertiary/aromatic N) is 1. The zero-order valence-electron chi connectivity index (χ0n) is 16.1. The molecule has 0 aliphatic carbocycles. The molecule has 3 rings (SSSR count). The second kappa shape index (κ2) is 8.41. The van der Waals surface area contributed by atoms with Crippen molar-refractivity contribution in [2.24, 2.45) is 5.73 Å². The number of benzene rings is 2. The van der Waals surface area contributed by atoms with E-state index < -0.39 is 41.0 Å². The summed E-state index contributed by atoms with van der Waals surface area (Å²) in [6.45, 7) is 1.37. The van der Waals surface area contributed by atoms with Gasteiger partial charge in [0.25, 0.3) is 0 Å². The van der Waals surface area contributed by atoms with E-state index in [0.717, 1.165) is 23.8 Å². The molecular formula is C22H20F4N2O2. The van der Waals surface area contributed by atoms with Gasteiger partial charge in [0.15, 0.2) is 5.60 Å². The molecule has 2 aromatic carbocycles. The first-order chi connectivity index (χ1) is 14.2. The van der Waals surface area contributed by atoms with Gasteiger partial charge in [0, 0.05) is 29.9 Å². The van der Waals surface area contributed by atoms with Crippen LogP contribution in [0.1, 0.15) is 18.2 Å². The van der Waals surface area contributed by atoms with E-state index in [2.05, 4.69) is 4.98 Å². The number of aromatic nitrogens is 1. The number of alkyl halides is 2. The fourth-order valence-corrected chi connectivity index (χ4v) is 3.10. The normalized spacial score (nSPS) is 13.7. The number of hydrogen-bond donors (Lipinski definition) is 2. The van der Waals surface area contributed by atoms with Crippen LogP contribution in [0.15, 0.2) is 60.8 Å². The summed E-state index contributed by atoms with van der Waals surface area (Å²) in [6.07, 6.45) is 1.22. The Bertz CT molecular complexity index is 1010. The maximum atomic E-state index is 15.2. The minimum Gasteiger partial charge on any atom is -0.494 e. The highest BCUT2D eigenvalue weighted by atomic mass is 19.3. The van der Waals surface area contributed by atoms with Crippen LogP contribution in [0.5, 0.6) is 5.75 Å². The minimum atomic E-state index is -4.04. The monoisotopic (exact) mass is 420 g/mol. The first-order valence-corrected chi connectivity index (χ1v) is 9.18. The summed E-state index contributed by atoms with van der Waals surface area (Å²) >= 11 is 0. The first-order valence-electron chi connectivity index (χ1n) is 9.18. The van der Waals surface area contributed by atoms with Crippen LogP contribution in [-0.4, -0.2) is 23.2 Å². The van der Waals surface area contributed by atoms with Gasteiger partial charge in [-0.25, -0.2) is 8.78 Å². The predicted molar refractivity (Wildman–Crippen MR) is 104 cm³/mol. The van der Waals surface area contributed by atoms with Crippen molar-refractivity contribution in [3.8, 4) is 16.9 Å². The molecule has 1 atom stereocenters. The van der Waals surface area contributed by atoms with E-state index in [4.69, 9.17) is 10.5 Å². The Morgan fingerprint density at radius 2 is 1.67 bits per heavy atom. The van der Waals surface area contributed by atoms with E-state index in [0.29, 0.717) is 24.0 Å². The predicted octanol–water partition coefficient (Wildman–Crippen LogP) is 4.36. The number of ether oxygens (including phenoxy) is 1. The Labute approximate surface area is 170 Å². The molecule has 3 N–H and O–H groups in total. The second-order valence-corrected chi connectivity index (χ2v) is 6.65. The number of nitrogens with two attached hydrogens (primary N) is 1. The lowest BCUT2D eigenvalue weighted by atomic mass is 9.84. The third kappa shape index (κ3) is 3.88. The van der Waals surface area contributed by atoms with E-state index in [1.54, 1.807) is 24.3 Å². The molecule has 30 heavy (non-hydrogen) atoms. The van der Waals surface area contributed by atoms with Crippen LogP contribution in [0.2, 0.25) is 0 Å². The van der Waals surface area contributed by atoms with Gasteiger partial charge in [0.1, 0.15) is 23.1 Å². The number of rotatable bonds is 7. The molecule has 0 saturated carbocycles. The van der Waals surface area contributed by atoms with Gasteiger partial charge < -0.3 is 15.6 Å². The maximum absolute atomic E-state index is 15.2. The highest BCUT2D eigenvalue weighted by Gasteiger charge is 2.56. The zero-order valence-corrected chi connectivity index (χ0v) is 16.1. The van der Waals surface area contributed by atoms with Crippen molar-refractivity contribution < 1.29 is 27.4 Å². The van der Waals surface area contributed by atoms with Crippen molar-refractivity contribution in [2.45, 2.75) is 18.4 Å². The van der Waals surface area contributed by atoms with Gasteiger partial charge in [0.2, 0.25) is 0 Å². The quantitative estimate of drug-likeness (QED) is 0.557. The maximum Gasteiger partial charge on any atom is 0.323 e. The number of aliphatic hydroxyl groups is 1. The molecule has 4 nitrogen and oxygen atoms in total. The van der Waals surface area contributed by atoms with E-state index in [1.165, 1.54) is 12.3 Å². The molecule has 8 heteroatoms. The molecule has 0 saturated heterocycles. The summed E-state index contributed by atoms with van der Waals surface area (Å²) < 4.78 is 63.0. The highest BCUT2D eigenvalue weighted by molar-refractivity contribution is 5.63. The summed E-state index contributed by atoms with van der Waals surface area (Å²) in [5.41, 5.74) is 1.96. The van der Waals surface area contributed by atoms with E-state index in [1.807, 2.05) is 6.92 Å². The third-order valence-corrected chi connectivity index (χ3v) is 4.78. The average Bonchev–Trinajstić information content (AvgIpc) is 2.74. The molecule has 0 fully saturated rings. The summed E-state index contributed by atoms with van der Waals surface area (Å²) in [5.74, 6) is -5.66. The fraction of sp³-hybridized carbons (Fsp3) is 0.227. The number of halogens is 4. The Morgan fingerprint density at radius 3 is 2.20 bits per heavy atom. The van der Waals surface area contributed by atoms with Crippen molar-refractivity contribution in [1.29, 1.82) is 0 Å². The van der Waals surface area contributed by atoms with Gasteiger partial charge in [-0.05, 0) is 36.8 Å². The Morgan fingerprint density at radius 1 is 1.00 bits per heavy atom. The molecule has 1 unspecified atom stereocenters. The Hall–Kier alpha value is -2.97. The lowest BCUT2D eigenvalue weighted by Crippen LogP contribution is -2.50. The zero-order chi connectivity index (χ0) is 21.9. The molecule has 0 aliphatic rings. The van der Waals surface area contributed by atoms with Crippen molar-refractivity contribution in [1.82, 2.24) is 4.98 Å². The van der Waals surface area contributed by atoms with Crippen molar-refractivity contribution in [2.75, 3.05) is 13.2 Å². The minimum absolute atomic E-state index is 0.411. The van der Waals surface area contributed by atoms with E-state index in [9.17, 15) is 13.9 Å². The van der Waals surface area contributed by atoms with E-state index in [-0.39, 0.29) is 0 Å². The van der Waals surface area contributed by atoms with Gasteiger partial charge in [-0.15, -0.1) is 0 Å². The molecule has 1 aromatic heterocycles. The largest absolute Gasteiger partial charge is 0.494 e. The Balaban J connectivity index is 1.94. The lowest BCUT2D eigenvalue weighted by molar-refractivity contribution is -0.193. The number of hydrogen-bond acceptors (Lipinski definition) is 4.